The maximum absolute atomic E-state index is 13.3. The zero-order chi connectivity index (χ0) is 22.0. The molecule has 0 fully saturated rings. The largest absolute Gasteiger partial charge is 0.508 e. The number of carbonyl (C=O) groups excluding carboxylic acids is 1. The van der Waals surface area contributed by atoms with Crippen LogP contribution in [0.5, 0.6) is 17.2 Å². The van der Waals surface area contributed by atoms with Crippen molar-refractivity contribution in [2.24, 2.45) is 5.41 Å². The summed E-state index contributed by atoms with van der Waals surface area (Å²) in [6.07, 6.45) is 1.21. The highest BCUT2D eigenvalue weighted by molar-refractivity contribution is 6.00. The first-order chi connectivity index (χ1) is 15.4. The Balaban J connectivity index is 1.53. The van der Waals surface area contributed by atoms with Crippen LogP contribution in [0.1, 0.15) is 38.3 Å². The molecule has 2 aliphatic heterocycles. The van der Waals surface area contributed by atoms with Crippen LogP contribution >= 0.6 is 0 Å². The molecule has 0 spiro atoms. The average molecular weight is 430 g/mol. The number of allylic oxidation sites excluding steroid dienone is 2. The van der Waals surface area contributed by atoms with Gasteiger partial charge in [-0.1, -0.05) is 32.0 Å². The van der Waals surface area contributed by atoms with Gasteiger partial charge in [0, 0.05) is 23.3 Å². The minimum absolute atomic E-state index is 0.103. The number of phenolic OH excluding ortho intramolecular Hbond substituents is 1. The van der Waals surface area contributed by atoms with Crippen molar-refractivity contribution in [1.29, 1.82) is 0 Å². The summed E-state index contributed by atoms with van der Waals surface area (Å²) >= 11 is 0. The number of benzene rings is 2. The van der Waals surface area contributed by atoms with E-state index >= 15 is 0 Å². The van der Waals surface area contributed by atoms with Crippen LogP contribution in [0.15, 0.2) is 53.7 Å². The number of nitrogens with zero attached hydrogens (tertiary/aromatic N) is 3. The fourth-order valence-corrected chi connectivity index (χ4v) is 4.77. The minimum Gasteiger partial charge on any atom is -0.508 e. The zero-order valence-electron chi connectivity index (χ0n) is 17.8. The lowest BCUT2D eigenvalue weighted by molar-refractivity contribution is -0.118. The van der Waals surface area contributed by atoms with Crippen LogP contribution in [0.2, 0.25) is 0 Å². The van der Waals surface area contributed by atoms with E-state index in [1.807, 2.05) is 24.3 Å². The third kappa shape index (κ3) is 2.94. The molecule has 1 aliphatic carbocycles. The molecule has 3 aromatic rings. The lowest BCUT2D eigenvalue weighted by atomic mass is 9.73. The first-order valence-electron chi connectivity index (χ1n) is 10.6. The molecular weight excluding hydrogens is 408 g/mol. The smallest absolute Gasteiger partial charge is 0.231 e. The maximum Gasteiger partial charge on any atom is 0.231 e. The summed E-state index contributed by atoms with van der Waals surface area (Å²) in [6.45, 7) is 4.38. The van der Waals surface area contributed by atoms with Crippen molar-refractivity contribution >= 4 is 11.7 Å². The monoisotopic (exact) mass is 430 g/mol. The average Bonchev–Trinajstić information content (AvgIpc) is 3.37. The van der Waals surface area contributed by atoms with Crippen molar-refractivity contribution < 1.29 is 19.4 Å². The van der Waals surface area contributed by atoms with Gasteiger partial charge in [-0.3, -0.25) is 4.79 Å². The Morgan fingerprint density at radius 1 is 1.12 bits per heavy atom. The Bertz CT molecular complexity index is 1310. The van der Waals surface area contributed by atoms with Crippen LogP contribution in [0.3, 0.4) is 0 Å². The number of aromatic hydroxyl groups is 1. The number of phenols is 1. The molecule has 32 heavy (non-hydrogen) atoms. The van der Waals surface area contributed by atoms with E-state index in [-0.39, 0.29) is 23.7 Å². The Kier molecular flexibility index (Phi) is 3.90. The summed E-state index contributed by atoms with van der Waals surface area (Å²) in [6, 6.07) is 12.1. The van der Waals surface area contributed by atoms with Gasteiger partial charge in [0.05, 0.1) is 0 Å². The topological polar surface area (TPSA) is 98.5 Å². The fraction of sp³-hybridized carbons (Fsp3) is 0.292. The number of hydrogen-bond donors (Lipinski definition) is 2. The van der Waals surface area contributed by atoms with Gasteiger partial charge in [-0.15, -0.1) is 5.10 Å². The highest BCUT2D eigenvalue weighted by atomic mass is 16.7. The molecule has 2 aromatic carbocycles. The Morgan fingerprint density at radius 3 is 2.81 bits per heavy atom. The van der Waals surface area contributed by atoms with Gasteiger partial charge in [-0.25, -0.2) is 4.68 Å². The van der Waals surface area contributed by atoms with Crippen molar-refractivity contribution in [1.82, 2.24) is 14.8 Å². The van der Waals surface area contributed by atoms with Gasteiger partial charge in [-0.2, -0.15) is 4.98 Å². The number of rotatable bonds is 2. The number of carbonyl (C=O) groups is 1. The Hall–Kier alpha value is -3.81. The van der Waals surface area contributed by atoms with Crippen molar-refractivity contribution in [2.45, 2.75) is 32.7 Å². The number of hydrogen-bond acceptors (Lipinski definition) is 7. The third-order valence-corrected chi connectivity index (χ3v) is 6.15. The normalized spacial score (nSPS) is 20.6. The summed E-state index contributed by atoms with van der Waals surface area (Å²) < 4.78 is 12.8. The molecule has 0 saturated carbocycles. The number of ether oxygens (including phenoxy) is 2. The maximum atomic E-state index is 13.3. The van der Waals surface area contributed by atoms with Crippen molar-refractivity contribution in [3.8, 4) is 28.6 Å². The standard InChI is InChI=1S/C24H22N4O4/c1-24(2)10-16-20(17(30)11-24)21(13-6-7-18-19(9-13)32-12-31-18)28-23(25-16)26-22(27-28)14-4-3-5-15(29)8-14/h3-9,21,29H,10-12H2,1-2H3,(H,25,26,27). The summed E-state index contributed by atoms with van der Waals surface area (Å²) in [5, 5.41) is 18.0. The molecule has 0 bridgehead atoms. The second-order valence-corrected chi connectivity index (χ2v) is 9.23. The molecule has 3 aliphatic rings. The van der Waals surface area contributed by atoms with Crippen LogP contribution in [0, 0.1) is 5.41 Å². The second kappa shape index (κ2) is 6.59. The number of anilines is 1. The molecule has 0 saturated heterocycles. The summed E-state index contributed by atoms with van der Waals surface area (Å²) in [5.41, 5.74) is 3.03. The predicted molar refractivity (Wildman–Crippen MR) is 116 cm³/mol. The van der Waals surface area contributed by atoms with E-state index in [0.717, 1.165) is 17.7 Å². The van der Waals surface area contributed by atoms with E-state index in [2.05, 4.69) is 19.2 Å². The van der Waals surface area contributed by atoms with Gasteiger partial charge in [0.25, 0.3) is 0 Å². The van der Waals surface area contributed by atoms with Crippen LogP contribution in [0.4, 0.5) is 5.95 Å². The number of nitrogens with one attached hydrogen (secondary N) is 1. The van der Waals surface area contributed by atoms with E-state index < -0.39 is 6.04 Å². The van der Waals surface area contributed by atoms with Gasteiger partial charge in [0.15, 0.2) is 23.1 Å². The van der Waals surface area contributed by atoms with Crippen LogP contribution < -0.4 is 14.8 Å². The number of ketones is 1. The third-order valence-electron chi connectivity index (χ3n) is 6.15. The van der Waals surface area contributed by atoms with E-state index in [1.165, 1.54) is 0 Å². The second-order valence-electron chi connectivity index (χ2n) is 9.23. The van der Waals surface area contributed by atoms with Crippen molar-refractivity contribution in [2.75, 3.05) is 12.1 Å². The Labute approximate surface area is 184 Å². The molecule has 8 heteroatoms. The molecular formula is C24H22N4O4. The highest BCUT2D eigenvalue weighted by Gasteiger charge is 2.42. The molecule has 1 aromatic heterocycles. The number of fused-ring (bicyclic) bond motifs is 2. The molecule has 6 rings (SSSR count). The fourth-order valence-electron chi connectivity index (χ4n) is 4.77. The summed E-state index contributed by atoms with van der Waals surface area (Å²) in [7, 11) is 0. The molecule has 162 valence electrons. The van der Waals surface area contributed by atoms with E-state index in [9.17, 15) is 9.90 Å². The van der Waals surface area contributed by atoms with Crippen LogP contribution in [-0.2, 0) is 4.79 Å². The lowest BCUT2D eigenvalue weighted by Gasteiger charge is -2.38. The lowest BCUT2D eigenvalue weighted by Crippen LogP contribution is -2.36. The van der Waals surface area contributed by atoms with Crippen LogP contribution in [-0.4, -0.2) is 32.4 Å². The molecule has 1 unspecified atom stereocenters. The first-order valence-corrected chi connectivity index (χ1v) is 10.6. The van der Waals surface area contributed by atoms with Crippen molar-refractivity contribution in [3.05, 3.63) is 59.3 Å². The Morgan fingerprint density at radius 2 is 1.97 bits per heavy atom. The van der Waals surface area contributed by atoms with E-state index in [1.54, 1.807) is 22.9 Å². The van der Waals surface area contributed by atoms with E-state index in [4.69, 9.17) is 19.6 Å². The predicted octanol–water partition coefficient (Wildman–Crippen LogP) is 4.04. The van der Waals surface area contributed by atoms with Gasteiger partial charge in [0.1, 0.15) is 11.8 Å². The van der Waals surface area contributed by atoms with Gasteiger partial charge < -0.3 is 19.9 Å². The zero-order valence-corrected chi connectivity index (χ0v) is 17.8. The van der Waals surface area contributed by atoms with Gasteiger partial charge in [-0.05, 0) is 41.7 Å². The van der Waals surface area contributed by atoms with Crippen molar-refractivity contribution in [3.63, 3.8) is 0 Å². The molecule has 0 amide bonds. The molecule has 2 N–H and O–H groups in total. The minimum atomic E-state index is -0.432. The highest BCUT2D eigenvalue weighted by Crippen LogP contribution is 2.47. The van der Waals surface area contributed by atoms with E-state index in [0.29, 0.717) is 40.8 Å². The van der Waals surface area contributed by atoms with Gasteiger partial charge in [0.2, 0.25) is 12.7 Å². The SMILES string of the molecule is CC1(C)CC(=O)C2=C(C1)Nc1nc(-c3cccc(O)c3)nn1C2c1ccc2c(c1)OCO2. The molecule has 3 heterocycles. The van der Waals surface area contributed by atoms with Gasteiger partial charge >= 0.3 is 0 Å². The number of Topliss-reactive ketones (excluding diaryl/α,β-unsaturated/α-hetero) is 1. The summed E-state index contributed by atoms with van der Waals surface area (Å²) in [5.74, 6) is 2.63. The summed E-state index contributed by atoms with van der Waals surface area (Å²) in [4.78, 5) is 18.0. The quantitative estimate of drug-likeness (QED) is 0.633. The number of aromatic nitrogens is 3. The molecule has 8 nitrogen and oxygen atoms in total. The first kappa shape index (κ1) is 18.9. The van der Waals surface area contributed by atoms with Crippen LogP contribution in [0.25, 0.3) is 11.4 Å². The molecule has 1 atom stereocenters. The molecule has 0 radical (unpaired) electrons.